The number of carbonyl (C=O) groups is 1. The second kappa shape index (κ2) is 4.81. The zero-order chi connectivity index (χ0) is 10.6. The Morgan fingerprint density at radius 1 is 1.50 bits per heavy atom. The second-order valence-electron chi connectivity index (χ2n) is 4.71. The number of hydrogen-bond donors (Lipinski definition) is 1. The summed E-state index contributed by atoms with van der Waals surface area (Å²) < 4.78 is 0. The molecule has 1 rings (SSSR count). The Morgan fingerprint density at radius 2 is 2.21 bits per heavy atom. The molecule has 0 saturated heterocycles. The molecule has 1 fully saturated rings. The fourth-order valence-corrected chi connectivity index (χ4v) is 2.63. The second-order valence-corrected chi connectivity index (χ2v) is 4.71. The van der Waals surface area contributed by atoms with Crippen molar-refractivity contribution >= 4 is 5.97 Å². The summed E-state index contributed by atoms with van der Waals surface area (Å²) >= 11 is 0. The molecule has 0 amide bonds. The molecule has 0 aromatic carbocycles. The van der Waals surface area contributed by atoms with Crippen LogP contribution in [0.4, 0.5) is 0 Å². The molecule has 82 valence electrons. The van der Waals surface area contributed by atoms with E-state index in [0.717, 1.165) is 44.9 Å². The molecular weight excluding hydrogens is 176 g/mol. The van der Waals surface area contributed by atoms with E-state index in [2.05, 4.69) is 13.8 Å². The highest BCUT2D eigenvalue weighted by atomic mass is 16.4. The Labute approximate surface area is 86.7 Å². The summed E-state index contributed by atoms with van der Waals surface area (Å²) in [5, 5.41) is 9.30. The van der Waals surface area contributed by atoms with E-state index in [9.17, 15) is 9.90 Å². The van der Waals surface area contributed by atoms with Gasteiger partial charge in [0, 0.05) is 0 Å². The summed E-state index contributed by atoms with van der Waals surface area (Å²) in [6.45, 7) is 4.30. The Bertz CT molecular complexity index is 200. The predicted octanol–water partition coefficient (Wildman–Crippen LogP) is 3.46. The number of rotatable bonds is 5. The van der Waals surface area contributed by atoms with Gasteiger partial charge < -0.3 is 5.11 Å². The fourth-order valence-electron chi connectivity index (χ4n) is 2.63. The van der Waals surface area contributed by atoms with E-state index in [1.165, 1.54) is 0 Å². The summed E-state index contributed by atoms with van der Waals surface area (Å²) in [4.78, 5) is 11.3. The maximum atomic E-state index is 11.3. The Morgan fingerprint density at radius 3 is 2.64 bits per heavy atom. The highest BCUT2D eigenvalue weighted by Crippen LogP contribution is 2.46. The third-order valence-corrected chi connectivity index (χ3v) is 3.75. The molecule has 0 aliphatic heterocycles. The lowest BCUT2D eigenvalue weighted by Crippen LogP contribution is -2.28. The lowest BCUT2D eigenvalue weighted by Gasteiger charge is -2.24. The van der Waals surface area contributed by atoms with Crippen LogP contribution in [0.25, 0.3) is 0 Å². The van der Waals surface area contributed by atoms with E-state index in [0.29, 0.717) is 5.92 Å². The summed E-state index contributed by atoms with van der Waals surface area (Å²) in [5.41, 5.74) is -0.364. The third-order valence-electron chi connectivity index (χ3n) is 3.75. The van der Waals surface area contributed by atoms with Crippen molar-refractivity contribution in [3.8, 4) is 0 Å². The molecule has 2 atom stereocenters. The van der Waals surface area contributed by atoms with Crippen molar-refractivity contribution in [3.63, 3.8) is 0 Å². The van der Waals surface area contributed by atoms with Crippen LogP contribution in [0.5, 0.6) is 0 Å². The summed E-state index contributed by atoms with van der Waals surface area (Å²) in [5.74, 6) is 0.102. The SMILES string of the molecule is CCCCC1(C(=O)O)CCC(CC)C1. The molecule has 0 heterocycles. The van der Waals surface area contributed by atoms with Gasteiger partial charge in [0.1, 0.15) is 0 Å². The van der Waals surface area contributed by atoms with Crippen LogP contribution in [0.3, 0.4) is 0 Å². The van der Waals surface area contributed by atoms with E-state index < -0.39 is 5.97 Å². The van der Waals surface area contributed by atoms with Gasteiger partial charge in [-0.25, -0.2) is 0 Å². The predicted molar refractivity (Wildman–Crippen MR) is 57.2 cm³/mol. The van der Waals surface area contributed by atoms with Gasteiger partial charge in [-0.15, -0.1) is 0 Å². The molecule has 1 saturated carbocycles. The third kappa shape index (κ3) is 2.28. The molecule has 1 aliphatic rings. The Kier molecular flexibility index (Phi) is 3.97. The van der Waals surface area contributed by atoms with Crippen LogP contribution in [0, 0.1) is 11.3 Å². The molecule has 0 radical (unpaired) electrons. The molecule has 2 unspecified atom stereocenters. The molecule has 0 bridgehead atoms. The maximum absolute atomic E-state index is 11.3. The van der Waals surface area contributed by atoms with E-state index in [-0.39, 0.29) is 5.41 Å². The van der Waals surface area contributed by atoms with Crippen molar-refractivity contribution in [2.75, 3.05) is 0 Å². The monoisotopic (exact) mass is 198 g/mol. The highest BCUT2D eigenvalue weighted by molar-refractivity contribution is 5.75. The first-order chi connectivity index (χ1) is 6.64. The largest absolute Gasteiger partial charge is 0.481 e. The van der Waals surface area contributed by atoms with Gasteiger partial charge in [0.05, 0.1) is 5.41 Å². The molecule has 14 heavy (non-hydrogen) atoms. The number of unbranched alkanes of at least 4 members (excludes halogenated alkanes) is 1. The van der Waals surface area contributed by atoms with Gasteiger partial charge in [0.15, 0.2) is 0 Å². The lowest BCUT2D eigenvalue weighted by molar-refractivity contribution is -0.149. The van der Waals surface area contributed by atoms with Crippen molar-refractivity contribution in [1.82, 2.24) is 0 Å². The molecule has 0 spiro atoms. The molecule has 1 aliphatic carbocycles. The quantitative estimate of drug-likeness (QED) is 0.734. The Hall–Kier alpha value is -0.530. The number of carboxylic acid groups (broad SMARTS) is 1. The number of carboxylic acids is 1. The van der Waals surface area contributed by atoms with Crippen LogP contribution in [-0.2, 0) is 4.79 Å². The van der Waals surface area contributed by atoms with Gasteiger partial charge in [-0.05, 0) is 31.6 Å². The summed E-state index contributed by atoms with van der Waals surface area (Å²) in [6, 6.07) is 0. The molecule has 0 aromatic rings. The van der Waals surface area contributed by atoms with Crippen molar-refractivity contribution in [1.29, 1.82) is 0 Å². The van der Waals surface area contributed by atoms with Gasteiger partial charge >= 0.3 is 5.97 Å². The minimum atomic E-state index is -0.554. The van der Waals surface area contributed by atoms with Crippen LogP contribution in [-0.4, -0.2) is 11.1 Å². The van der Waals surface area contributed by atoms with Crippen LogP contribution >= 0.6 is 0 Å². The van der Waals surface area contributed by atoms with Crippen molar-refractivity contribution in [2.24, 2.45) is 11.3 Å². The maximum Gasteiger partial charge on any atom is 0.309 e. The van der Waals surface area contributed by atoms with Crippen molar-refractivity contribution < 1.29 is 9.90 Å². The summed E-state index contributed by atoms with van der Waals surface area (Å²) in [7, 11) is 0. The van der Waals surface area contributed by atoms with Gasteiger partial charge in [-0.2, -0.15) is 0 Å². The first kappa shape index (κ1) is 11.5. The highest BCUT2D eigenvalue weighted by Gasteiger charge is 2.43. The van der Waals surface area contributed by atoms with Crippen LogP contribution in [0.1, 0.15) is 58.8 Å². The number of hydrogen-bond acceptors (Lipinski definition) is 1. The Balaban J connectivity index is 2.60. The average molecular weight is 198 g/mol. The molecule has 2 heteroatoms. The zero-order valence-electron chi connectivity index (χ0n) is 9.38. The van der Waals surface area contributed by atoms with Gasteiger partial charge in [-0.1, -0.05) is 33.1 Å². The molecule has 2 nitrogen and oxygen atoms in total. The van der Waals surface area contributed by atoms with Crippen LogP contribution in [0.15, 0.2) is 0 Å². The fraction of sp³-hybridized carbons (Fsp3) is 0.917. The minimum absolute atomic E-state index is 0.364. The van der Waals surface area contributed by atoms with Crippen LogP contribution < -0.4 is 0 Å². The van der Waals surface area contributed by atoms with E-state index in [1.807, 2.05) is 0 Å². The van der Waals surface area contributed by atoms with Gasteiger partial charge in [0.25, 0.3) is 0 Å². The topological polar surface area (TPSA) is 37.3 Å². The van der Waals surface area contributed by atoms with Crippen molar-refractivity contribution in [3.05, 3.63) is 0 Å². The zero-order valence-corrected chi connectivity index (χ0v) is 9.38. The van der Waals surface area contributed by atoms with E-state index >= 15 is 0 Å². The summed E-state index contributed by atoms with van der Waals surface area (Å²) in [6.07, 6.45) is 7.12. The van der Waals surface area contributed by atoms with Gasteiger partial charge in [0.2, 0.25) is 0 Å². The van der Waals surface area contributed by atoms with Crippen molar-refractivity contribution in [2.45, 2.75) is 58.8 Å². The van der Waals surface area contributed by atoms with Crippen LogP contribution in [0.2, 0.25) is 0 Å². The molecular formula is C12H22O2. The number of aliphatic carboxylic acids is 1. The normalized spacial score (nSPS) is 32.0. The van der Waals surface area contributed by atoms with E-state index in [4.69, 9.17) is 0 Å². The molecule has 0 aromatic heterocycles. The molecule has 1 N–H and O–H groups in total. The van der Waals surface area contributed by atoms with E-state index in [1.54, 1.807) is 0 Å². The smallest absolute Gasteiger partial charge is 0.309 e. The standard InChI is InChI=1S/C12H22O2/c1-3-5-7-12(11(13)14)8-6-10(4-2)9-12/h10H,3-9H2,1-2H3,(H,13,14). The average Bonchev–Trinajstić information content (AvgIpc) is 2.59. The minimum Gasteiger partial charge on any atom is -0.481 e. The lowest BCUT2D eigenvalue weighted by atomic mass is 9.80. The van der Waals surface area contributed by atoms with Gasteiger partial charge in [-0.3, -0.25) is 4.79 Å². The first-order valence-corrected chi connectivity index (χ1v) is 5.88. The first-order valence-electron chi connectivity index (χ1n) is 5.88.